The van der Waals surface area contributed by atoms with E-state index in [-0.39, 0.29) is 36.8 Å². The molecule has 1 unspecified atom stereocenters. The van der Waals surface area contributed by atoms with E-state index in [1.807, 2.05) is 48.5 Å². The van der Waals surface area contributed by atoms with Gasteiger partial charge in [-0.2, -0.15) is 0 Å². The highest BCUT2D eigenvalue weighted by molar-refractivity contribution is 7.16. The first-order chi connectivity index (χ1) is 12.7. The van der Waals surface area contributed by atoms with E-state index >= 15 is 0 Å². The lowest BCUT2D eigenvalue weighted by Gasteiger charge is -2.17. The predicted octanol–water partition coefficient (Wildman–Crippen LogP) is 3.26. The number of thiazole rings is 1. The number of hydrogen-bond acceptors (Lipinski definition) is 6. The zero-order valence-electron chi connectivity index (χ0n) is 14.7. The van der Waals surface area contributed by atoms with Crippen LogP contribution < -0.4 is 16.4 Å². The van der Waals surface area contributed by atoms with Crippen molar-refractivity contribution in [2.45, 2.75) is 6.04 Å². The molecule has 9 heteroatoms. The number of carbonyl (C=O) groups is 1. The number of benzene rings is 2. The highest BCUT2D eigenvalue weighted by Gasteiger charge is 2.22. The lowest BCUT2D eigenvalue weighted by molar-refractivity contribution is -0.115. The standard InChI is InChI=1S/C19H17N5OS.2ClH/c20-10-16(13-4-2-1-3-5-13)23-19-22-15(18(25)24-19)8-12-6-7-14-17(9-12)26-11-21-14;;/h1-9,11,16H,10,20H2,(H2,22,23,24,25);2*1H/b15-8-;;. The van der Waals surface area contributed by atoms with Crippen LogP contribution >= 0.6 is 36.2 Å². The lowest BCUT2D eigenvalue weighted by Crippen LogP contribution is -2.40. The van der Waals surface area contributed by atoms with Gasteiger partial charge in [0.1, 0.15) is 5.70 Å². The van der Waals surface area contributed by atoms with Crippen LogP contribution in [0.2, 0.25) is 0 Å². The van der Waals surface area contributed by atoms with Gasteiger partial charge in [0.15, 0.2) is 0 Å². The maximum Gasteiger partial charge on any atom is 0.276 e. The second-order valence-corrected chi connectivity index (χ2v) is 6.75. The summed E-state index contributed by atoms with van der Waals surface area (Å²) in [4.78, 5) is 20.9. The molecule has 3 aromatic rings. The fraction of sp³-hybridized carbons (Fsp3) is 0.105. The number of carbonyl (C=O) groups excluding carboxylic acids is 1. The van der Waals surface area contributed by atoms with E-state index in [1.54, 1.807) is 22.9 Å². The Morgan fingerprint density at radius 1 is 1.18 bits per heavy atom. The summed E-state index contributed by atoms with van der Waals surface area (Å²) in [6.45, 7) is 0.389. The number of nitrogens with two attached hydrogens (primary N) is 1. The van der Waals surface area contributed by atoms with E-state index in [0.29, 0.717) is 18.2 Å². The Morgan fingerprint density at radius 2 is 1.96 bits per heavy atom. The van der Waals surface area contributed by atoms with Crippen molar-refractivity contribution in [3.05, 3.63) is 70.9 Å². The molecule has 28 heavy (non-hydrogen) atoms. The van der Waals surface area contributed by atoms with Gasteiger partial charge in [-0.05, 0) is 29.3 Å². The second kappa shape index (κ2) is 9.66. The largest absolute Gasteiger partial charge is 0.348 e. The van der Waals surface area contributed by atoms with Crippen molar-refractivity contribution in [3.63, 3.8) is 0 Å². The Morgan fingerprint density at radius 3 is 2.71 bits per heavy atom. The third kappa shape index (κ3) is 4.69. The van der Waals surface area contributed by atoms with Crippen LogP contribution in [-0.4, -0.2) is 23.4 Å². The predicted molar refractivity (Wildman–Crippen MR) is 119 cm³/mol. The SMILES string of the molecule is Cl.Cl.NCC(NC1=N/C(=C\c2ccc3ncsc3c2)C(=O)N1)c1ccccc1. The highest BCUT2D eigenvalue weighted by atomic mass is 35.5. The first kappa shape index (κ1) is 21.8. The minimum absolute atomic E-state index is 0. The number of nitrogens with zero attached hydrogens (tertiary/aromatic N) is 2. The van der Waals surface area contributed by atoms with Crippen LogP contribution in [0.5, 0.6) is 0 Å². The van der Waals surface area contributed by atoms with E-state index in [4.69, 9.17) is 5.73 Å². The van der Waals surface area contributed by atoms with Gasteiger partial charge in [-0.25, -0.2) is 9.98 Å². The summed E-state index contributed by atoms with van der Waals surface area (Å²) >= 11 is 1.57. The molecule has 4 N–H and O–H groups in total. The minimum Gasteiger partial charge on any atom is -0.348 e. The molecule has 1 aliphatic heterocycles. The molecular formula is C19H19Cl2N5OS. The fourth-order valence-electron chi connectivity index (χ4n) is 2.78. The molecule has 1 aliphatic rings. The fourth-order valence-corrected chi connectivity index (χ4v) is 3.51. The van der Waals surface area contributed by atoms with Gasteiger partial charge < -0.3 is 11.1 Å². The van der Waals surface area contributed by atoms with Gasteiger partial charge in [-0.15, -0.1) is 36.2 Å². The second-order valence-electron chi connectivity index (χ2n) is 5.87. The molecule has 0 saturated heterocycles. The summed E-state index contributed by atoms with van der Waals surface area (Å²) in [7, 11) is 0. The highest BCUT2D eigenvalue weighted by Crippen LogP contribution is 2.21. The number of hydrogen-bond donors (Lipinski definition) is 3. The lowest BCUT2D eigenvalue weighted by atomic mass is 10.1. The van der Waals surface area contributed by atoms with Crippen LogP contribution in [-0.2, 0) is 4.79 Å². The van der Waals surface area contributed by atoms with Crippen LogP contribution in [0, 0.1) is 0 Å². The average Bonchev–Trinajstić information content (AvgIpc) is 3.26. The van der Waals surface area contributed by atoms with Gasteiger partial charge >= 0.3 is 0 Å². The number of nitrogens with one attached hydrogen (secondary N) is 2. The van der Waals surface area contributed by atoms with E-state index < -0.39 is 0 Å². The number of aliphatic imine (C=N–C) groups is 1. The van der Waals surface area contributed by atoms with Crippen molar-refractivity contribution in [3.8, 4) is 0 Å². The topological polar surface area (TPSA) is 92.4 Å². The van der Waals surface area contributed by atoms with E-state index in [2.05, 4.69) is 20.6 Å². The number of rotatable bonds is 4. The summed E-state index contributed by atoms with van der Waals surface area (Å²) in [6, 6.07) is 15.6. The van der Waals surface area contributed by atoms with Crippen LogP contribution in [0.25, 0.3) is 16.3 Å². The number of aromatic nitrogens is 1. The Balaban J connectivity index is 0.00000140. The van der Waals surface area contributed by atoms with Crippen molar-refractivity contribution in [2.24, 2.45) is 10.7 Å². The van der Waals surface area contributed by atoms with Crippen LogP contribution in [0.4, 0.5) is 0 Å². The van der Waals surface area contributed by atoms with Gasteiger partial charge in [0.05, 0.1) is 21.8 Å². The molecule has 0 saturated carbocycles. The molecule has 6 nitrogen and oxygen atoms in total. The average molecular weight is 436 g/mol. The number of fused-ring (bicyclic) bond motifs is 1. The molecule has 0 bridgehead atoms. The first-order valence-corrected chi connectivity index (χ1v) is 9.07. The quantitative estimate of drug-likeness (QED) is 0.548. The van der Waals surface area contributed by atoms with Crippen molar-refractivity contribution >= 4 is 64.3 Å². The third-order valence-electron chi connectivity index (χ3n) is 4.10. The molecule has 0 aliphatic carbocycles. The smallest absolute Gasteiger partial charge is 0.276 e. The number of guanidine groups is 1. The molecule has 1 atom stereocenters. The van der Waals surface area contributed by atoms with Crippen LogP contribution in [0.3, 0.4) is 0 Å². The van der Waals surface area contributed by atoms with Gasteiger partial charge in [0, 0.05) is 6.54 Å². The molecular weight excluding hydrogens is 417 g/mol. The van der Waals surface area contributed by atoms with Gasteiger partial charge in [-0.3, -0.25) is 10.1 Å². The van der Waals surface area contributed by atoms with Crippen LogP contribution in [0.1, 0.15) is 17.2 Å². The van der Waals surface area contributed by atoms with E-state index in [0.717, 1.165) is 21.3 Å². The summed E-state index contributed by atoms with van der Waals surface area (Å²) in [6.07, 6.45) is 1.77. The Labute approximate surface area is 178 Å². The Bertz CT molecular complexity index is 1020. The zero-order valence-corrected chi connectivity index (χ0v) is 17.1. The molecule has 146 valence electrons. The molecule has 2 heterocycles. The molecule has 2 aromatic carbocycles. The number of halogens is 2. The summed E-state index contributed by atoms with van der Waals surface area (Å²) in [5, 5.41) is 5.96. The van der Waals surface area contributed by atoms with Gasteiger partial charge in [0.25, 0.3) is 5.91 Å². The first-order valence-electron chi connectivity index (χ1n) is 8.19. The zero-order chi connectivity index (χ0) is 17.9. The maximum absolute atomic E-state index is 12.2. The molecule has 0 spiro atoms. The van der Waals surface area contributed by atoms with Gasteiger partial charge in [-0.1, -0.05) is 36.4 Å². The minimum atomic E-state index is -0.235. The molecule has 0 fully saturated rings. The monoisotopic (exact) mass is 435 g/mol. The Kier molecular flexibility index (Phi) is 7.53. The molecule has 1 amide bonds. The van der Waals surface area contributed by atoms with Crippen molar-refractivity contribution < 1.29 is 4.79 Å². The van der Waals surface area contributed by atoms with Gasteiger partial charge in [0.2, 0.25) is 5.96 Å². The van der Waals surface area contributed by atoms with Crippen molar-refractivity contribution in [1.29, 1.82) is 0 Å². The maximum atomic E-state index is 12.2. The number of amides is 1. The van der Waals surface area contributed by atoms with Crippen molar-refractivity contribution in [1.82, 2.24) is 15.6 Å². The van der Waals surface area contributed by atoms with E-state index in [9.17, 15) is 4.79 Å². The van der Waals surface area contributed by atoms with Crippen LogP contribution in [0.15, 0.2) is 64.7 Å². The molecule has 4 rings (SSSR count). The van der Waals surface area contributed by atoms with Crippen molar-refractivity contribution in [2.75, 3.05) is 6.54 Å². The summed E-state index contributed by atoms with van der Waals surface area (Å²) in [5.41, 5.74) is 10.9. The molecule has 1 aromatic heterocycles. The van der Waals surface area contributed by atoms with E-state index in [1.165, 1.54) is 0 Å². The summed E-state index contributed by atoms with van der Waals surface area (Å²) in [5.74, 6) is 0.181. The third-order valence-corrected chi connectivity index (χ3v) is 4.90. The Hall–Kier alpha value is -2.45. The summed E-state index contributed by atoms with van der Waals surface area (Å²) < 4.78 is 1.08. The molecule has 0 radical (unpaired) electrons. The normalized spacial score (nSPS) is 15.4.